The van der Waals surface area contributed by atoms with Gasteiger partial charge in [-0.2, -0.15) is 0 Å². The molecule has 0 radical (unpaired) electrons. The van der Waals surface area contributed by atoms with Crippen LogP contribution in [0.15, 0.2) is 30.6 Å². The molecule has 0 saturated heterocycles. The van der Waals surface area contributed by atoms with Crippen LogP contribution in [0.3, 0.4) is 0 Å². The SMILES string of the molecule is Cc1cc(Oc2ncc(CCl)cn2)ccc1F. The Kier molecular flexibility index (Phi) is 3.54. The highest BCUT2D eigenvalue weighted by atomic mass is 35.5. The zero-order chi connectivity index (χ0) is 12.3. The zero-order valence-corrected chi connectivity index (χ0v) is 9.91. The number of hydrogen-bond donors (Lipinski definition) is 0. The van der Waals surface area contributed by atoms with Crippen LogP contribution in [-0.2, 0) is 5.88 Å². The van der Waals surface area contributed by atoms with Gasteiger partial charge in [-0.1, -0.05) is 0 Å². The summed E-state index contributed by atoms with van der Waals surface area (Å²) in [4.78, 5) is 7.97. The Morgan fingerprint density at radius 1 is 1.29 bits per heavy atom. The van der Waals surface area contributed by atoms with Gasteiger partial charge in [-0.15, -0.1) is 11.6 Å². The Morgan fingerprint density at radius 2 is 2.00 bits per heavy atom. The van der Waals surface area contributed by atoms with E-state index in [0.29, 0.717) is 17.2 Å². The van der Waals surface area contributed by atoms with Crippen molar-refractivity contribution in [3.63, 3.8) is 0 Å². The van der Waals surface area contributed by atoms with E-state index in [1.807, 2.05) is 0 Å². The normalized spacial score (nSPS) is 10.3. The van der Waals surface area contributed by atoms with E-state index in [2.05, 4.69) is 9.97 Å². The summed E-state index contributed by atoms with van der Waals surface area (Å²) in [6, 6.07) is 4.68. The predicted octanol–water partition coefficient (Wildman–Crippen LogP) is 3.46. The van der Waals surface area contributed by atoms with E-state index in [0.717, 1.165) is 5.56 Å². The van der Waals surface area contributed by atoms with Gasteiger partial charge in [0.15, 0.2) is 0 Å². The summed E-state index contributed by atoms with van der Waals surface area (Å²) >= 11 is 5.62. The van der Waals surface area contributed by atoms with E-state index in [-0.39, 0.29) is 11.8 Å². The van der Waals surface area contributed by atoms with Gasteiger partial charge in [0.25, 0.3) is 0 Å². The minimum atomic E-state index is -0.268. The lowest BCUT2D eigenvalue weighted by molar-refractivity contribution is 0.439. The van der Waals surface area contributed by atoms with Gasteiger partial charge in [-0.3, -0.25) is 0 Å². The summed E-state index contributed by atoms with van der Waals surface area (Å²) in [5, 5.41) is 0. The fraction of sp³-hybridized carbons (Fsp3) is 0.167. The molecule has 0 amide bonds. The van der Waals surface area contributed by atoms with Crippen LogP contribution in [0.4, 0.5) is 4.39 Å². The summed E-state index contributed by atoms with van der Waals surface area (Å²) in [5.74, 6) is 0.592. The maximum atomic E-state index is 13.0. The number of aromatic nitrogens is 2. The first-order valence-corrected chi connectivity index (χ1v) is 5.53. The second kappa shape index (κ2) is 5.10. The second-order valence-electron chi connectivity index (χ2n) is 3.52. The third-order valence-electron chi connectivity index (χ3n) is 2.17. The fourth-order valence-corrected chi connectivity index (χ4v) is 1.39. The monoisotopic (exact) mass is 252 g/mol. The van der Waals surface area contributed by atoms with Crippen molar-refractivity contribution in [3.8, 4) is 11.8 Å². The molecule has 5 heteroatoms. The minimum Gasteiger partial charge on any atom is -0.424 e. The van der Waals surface area contributed by atoms with E-state index < -0.39 is 0 Å². The number of halogens is 2. The van der Waals surface area contributed by atoms with Gasteiger partial charge in [0.1, 0.15) is 11.6 Å². The molecule has 1 heterocycles. The summed E-state index contributed by atoms with van der Waals surface area (Å²) in [6.45, 7) is 1.67. The molecular formula is C12H10ClFN2O. The lowest BCUT2D eigenvalue weighted by atomic mass is 10.2. The van der Waals surface area contributed by atoms with E-state index >= 15 is 0 Å². The average molecular weight is 253 g/mol. The van der Waals surface area contributed by atoms with Crippen molar-refractivity contribution in [2.45, 2.75) is 12.8 Å². The fourth-order valence-electron chi connectivity index (χ4n) is 1.25. The van der Waals surface area contributed by atoms with Crippen molar-refractivity contribution < 1.29 is 9.13 Å². The van der Waals surface area contributed by atoms with Crippen molar-refractivity contribution in [1.82, 2.24) is 9.97 Å². The average Bonchev–Trinajstić information content (AvgIpc) is 2.35. The molecule has 0 atom stereocenters. The largest absolute Gasteiger partial charge is 0.424 e. The molecule has 0 bridgehead atoms. The highest BCUT2D eigenvalue weighted by Gasteiger charge is 2.03. The molecule has 1 aromatic carbocycles. The van der Waals surface area contributed by atoms with Gasteiger partial charge < -0.3 is 4.74 Å². The second-order valence-corrected chi connectivity index (χ2v) is 3.79. The Balaban J connectivity index is 2.16. The number of benzene rings is 1. The Labute approximate surface area is 103 Å². The Hall–Kier alpha value is -1.68. The molecule has 17 heavy (non-hydrogen) atoms. The molecule has 0 fully saturated rings. The number of aryl methyl sites for hydroxylation is 1. The molecule has 0 aliphatic carbocycles. The first-order valence-electron chi connectivity index (χ1n) is 5.00. The van der Waals surface area contributed by atoms with Crippen LogP contribution in [0.2, 0.25) is 0 Å². The van der Waals surface area contributed by atoms with Crippen LogP contribution in [-0.4, -0.2) is 9.97 Å². The maximum Gasteiger partial charge on any atom is 0.321 e. The van der Waals surface area contributed by atoms with Crippen LogP contribution in [0, 0.1) is 12.7 Å². The number of ether oxygens (including phenoxy) is 1. The minimum absolute atomic E-state index is 0.213. The van der Waals surface area contributed by atoms with Crippen LogP contribution in [0.5, 0.6) is 11.8 Å². The lowest BCUT2D eigenvalue weighted by Gasteiger charge is -2.05. The van der Waals surface area contributed by atoms with Gasteiger partial charge in [-0.05, 0) is 30.7 Å². The van der Waals surface area contributed by atoms with E-state index in [1.165, 1.54) is 12.1 Å². The molecular weight excluding hydrogens is 243 g/mol. The smallest absolute Gasteiger partial charge is 0.321 e. The number of nitrogens with zero attached hydrogens (tertiary/aromatic N) is 2. The quantitative estimate of drug-likeness (QED) is 0.785. The molecule has 2 rings (SSSR count). The van der Waals surface area contributed by atoms with Crippen molar-refractivity contribution >= 4 is 11.6 Å². The summed E-state index contributed by atoms with van der Waals surface area (Å²) in [6.07, 6.45) is 3.18. The molecule has 0 N–H and O–H groups in total. The van der Waals surface area contributed by atoms with Crippen molar-refractivity contribution in [2.75, 3.05) is 0 Å². The molecule has 0 aliphatic rings. The van der Waals surface area contributed by atoms with Gasteiger partial charge in [0, 0.05) is 18.0 Å². The molecule has 0 aliphatic heterocycles. The van der Waals surface area contributed by atoms with Crippen molar-refractivity contribution in [3.05, 3.63) is 47.5 Å². The van der Waals surface area contributed by atoms with Gasteiger partial charge in [-0.25, -0.2) is 14.4 Å². The van der Waals surface area contributed by atoms with Gasteiger partial charge in [0.2, 0.25) is 0 Å². The molecule has 0 spiro atoms. The number of hydrogen-bond acceptors (Lipinski definition) is 3. The summed E-state index contributed by atoms with van der Waals surface area (Å²) < 4.78 is 18.4. The van der Waals surface area contributed by atoms with E-state index in [9.17, 15) is 4.39 Å². The molecule has 2 aromatic rings. The van der Waals surface area contributed by atoms with Crippen LogP contribution >= 0.6 is 11.6 Å². The maximum absolute atomic E-state index is 13.0. The molecule has 1 aromatic heterocycles. The van der Waals surface area contributed by atoms with Gasteiger partial charge in [0.05, 0.1) is 5.88 Å². The lowest BCUT2D eigenvalue weighted by Crippen LogP contribution is -1.93. The Bertz CT molecular complexity index is 516. The van der Waals surface area contributed by atoms with Crippen LogP contribution in [0.1, 0.15) is 11.1 Å². The number of rotatable bonds is 3. The standard InChI is InChI=1S/C12H10ClFN2O/c1-8-4-10(2-3-11(8)14)17-12-15-6-9(5-13)7-16-12/h2-4,6-7H,5H2,1H3. The highest BCUT2D eigenvalue weighted by Crippen LogP contribution is 2.20. The van der Waals surface area contributed by atoms with Crippen molar-refractivity contribution in [1.29, 1.82) is 0 Å². The van der Waals surface area contributed by atoms with Gasteiger partial charge >= 0.3 is 6.01 Å². The van der Waals surface area contributed by atoms with Crippen LogP contribution < -0.4 is 4.74 Å². The third kappa shape index (κ3) is 2.91. The summed E-state index contributed by atoms with van der Waals surface area (Å²) in [5.41, 5.74) is 1.33. The number of alkyl halides is 1. The molecule has 0 unspecified atom stereocenters. The highest BCUT2D eigenvalue weighted by molar-refractivity contribution is 6.17. The molecule has 3 nitrogen and oxygen atoms in total. The zero-order valence-electron chi connectivity index (χ0n) is 9.15. The predicted molar refractivity (Wildman–Crippen MR) is 62.8 cm³/mol. The molecule has 88 valence electrons. The van der Waals surface area contributed by atoms with E-state index in [1.54, 1.807) is 25.4 Å². The first-order chi connectivity index (χ1) is 8.19. The summed E-state index contributed by atoms with van der Waals surface area (Å²) in [7, 11) is 0. The first kappa shape index (κ1) is 11.8. The topological polar surface area (TPSA) is 35.0 Å². The van der Waals surface area contributed by atoms with Crippen molar-refractivity contribution in [2.24, 2.45) is 0 Å². The third-order valence-corrected chi connectivity index (χ3v) is 2.48. The van der Waals surface area contributed by atoms with Crippen LogP contribution in [0.25, 0.3) is 0 Å². The Morgan fingerprint density at radius 3 is 2.59 bits per heavy atom. The molecule has 0 saturated carbocycles. The van der Waals surface area contributed by atoms with E-state index in [4.69, 9.17) is 16.3 Å².